The summed E-state index contributed by atoms with van der Waals surface area (Å²) in [5, 5.41) is 15.0. The SMILES string of the molecule is O=C(CSc1nnc(SCc2cccc3ccccc23)s1)N/N=C\c1cccc(Oc2ccccc2)c1. The van der Waals surface area contributed by atoms with E-state index < -0.39 is 0 Å². The zero-order valence-electron chi connectivity index (χ0n) is 19.6. The van der Waals surface area contributed by atoms with Crippen molar-refractivity contribution in [2.75, 3.05) is 5.75 Å². The number of hydrazone groups is 1. The number of carbonyl (C=O) groups is 1. The van der Waals surface area contributed by atoms with Crippen LogP contribution in [0.2, 0.25) is 0 Å². The van der Waals surface area contributed by atoms with Crippen molar-refractivity contribution in [3.05, 3.63) is 108 Å². The quantitative estimate of drug-likeness (QED) is 0.116. The van der Waals surface area contributed by atoms with Gasteiger partial charge < -0.3 is 4.74 Å². The van der Waals surface area contributed by atoms with E-state index >= 15 is 0 Å². The van der Waals surface area contributed by atoms with E-state index in [0.717, 1.165) is 25.7 Å². The van der Waals surface area contributed by atoms with Gasteiger partial charge in [-0.05, 0) is 46.2 Å². The Bertz CT molecular complexity index is 1520. The van der Waals surface area contributed by atoms with Gasteiger partial charge in [-0.15, -0.1) is 10.2 Å². The van der Waals surface area contributed by atoms with Crippen molar-refractivity contribution in [3.8, 4) is 11.5 Å². The van der Waals surface area contributed by atoms with E-state index in [4.69, 9.17) is 4.74 Å². The third-order valence-electron chi connectivity index (χ3n) is 5.19. The maximum Gasteiger partial charge on any atom is 0.250 e. The van der Waals surface area contributed by atoms with E-state index in [1.54, 1.807) is 18.0 Å². The number of rotatable bonds is 10. The fourth-order valence-corrected chi connectivity index (χ4v) is 6.31. The number of nitrogens with zero attached hydrogens (tertiary/aromatic N) is 3. The van der Waals surface area contributed by atoms with Crippen molar-refractivity contribution in [1.82, 2.24) is 15.6 Å². The monoisotopic (exact) mass is 542 g/mol. The van der Waals surface area contributed by atoms with Crippen LogP contribution in [0.25, 0.3) is 10.8 Å². The summed E-state index contributed by atoms with van der Waals surface area (Å²) in [7, 11) is 0. The molecule has 1 amide bonds. The highest BCUT2D eigenvalue weighted by Crippen LogP contribution is 2.32. The highest BCUT2D eigenvalue weighted by atomic mass is 32.2. The van der Waals surface area contributed by atoms with Crippen molar-refractivity contribution in [3.63, 3.8) is 0 Å². The minimum atomic E-state index is -0.210. The Hall–Kier alpha value is -3.66. The van der Waals surface area contributed by atoms with Crippen LogP contribution in [0, 0.1) is 0 Å². The lowest BCUT2D eigenvalue weighted by atomic mass is 10.1. The van der Waals surface area contributed by atoms with Crippen LogP contribution >= 0.6 is 34.9 Å². The number of thioether (sulfide) groups is 2. The van der Waals surface area contributed by atoms with E-state index in [-0.39, 0.29) is 11.7 Å². The molecule has 0 aliphatic rings. The molecule has 0 spiro atoms. The smallest absolute Gasteiger partial charge is 0.250 e. The Morgan fingerprint density at radius 1 is 0.865 bits per heavy atom. The predicted molar refractivity (Wildman–Crippen MR) is 153 cm³/mol. The van der Waals surface area contributed by atoms with Crippen molar-refractivity contribution in [2.24, 2.45) is 5.10 Å². The second-order valence-corrected chi connectivity index (χ2v) is 11.3. The van der Waals surface area contributed by atoms with Crippen LogP contribution in [-0.4, -0.2) is 28.1 Å². The molecule has 1 aromatic heterocycles. The van der Waals surface area contributed by atoms with Crippen molar-refractivity contribution in [1.29, 1.82) is 0 Å². The average molecular weight is 543 g/mol. The molecule has 0 radical (unpaired) electrons. The van der Waals surface area contributed by atoms with Gasteiger partial charge >= 0.3 is 0 Å². The lowest BCUT2D eigenvalue weighted by Gasteiger charge is -2.05. The first-order valence-electron chi connectivity index (χ1n) is 11.4. The Morgan fingerprint density at radius 3 is 2.49 bits per heavy atom. The van der Waals surface area contributed by atoms with Gasteiger partial charge in [0.2, 0.25) is 0 Å². The molecule has 0 unspecified atom stereocenters. The highest BCUT2D eigenvalue weighted by Gasteiger charge is 2.09. The molecule has 0 aliphatic heterocycles. The van der Waals surface area contributed by atoms with Crippen LogP contribution in [0.15, 0.2) is 111 Å². The van der Waals surface area contributed by atoms with Crippen LogP contribution < -0.4 is 10.2 Å². The summed E-state index contributed by atoms with van der Waals surface area (Å²) in [4.78, 5) is 12.2. The molecule has 4 aromatic carbocycles. The number of nitrogens with one attached hydrogen (secondary N) is 1. The normalized spacial score (nSPS) is 11.1. The van der Waals surface area contributed by atoms with Crippen molar-refractivity contribution >= 4 is 57.8 Å². The zero-order chi connectivity index (χ0) is 25.3. The van der Waals surface area contributed by atoms with Crippen molar-refractivity contribution < 1.29 is 9.53 Å². The molecule has 0 saturated carbocycles. The standard InChI is InChI=1S/C28H22N4O2S3/c33-26(30-29-17-20-8-6-14-24(16-20)34-23-12-2-1-3-13-23)19-36-28-32-31-27(37-28)35-18-22-11-7-10-21-9-4-5-15-25(21)22/h1-17H,18-19H2,(H,30,33)/b29-17-. The highest BCUT2D eigenvalue weighted by molar-refractivity contribution is 8.03. The predicted octanol–water partition coefficient (Wildman–Crippen LogP) is 7.02. The van der Waals surface area contributed by atoms with Crippen LogP contribution in [0.4, 0.5) is 0 Å². The van der Waals surface area contributed by atoms with Gasteiger partial charge in [0.25, 0.3) is 5.91 Å². The number of hydrogen-bond acceptors (Lipinski definition) is 8. The maximum absolute atomic E-state index is 12.2. The van der Waals surface area contributed by atoms with E-state index in [9.17, 15) is 4.79 Å². The molecule has 9 heteroatoms. The molecular formula is C28H22N4O2S3. The van der Waals surface area contributed by atoms with E-state index in [1.165, 1.54) is 39.4 Å². The number of para-hydroxylation sites is 1. The minimum absolute atomic E-state index is 0.205. The lowest BCUT2D eigenvalue weighted by Crippen LogP contribution is -2.19. The summed E-state index contributed by atoms with van der Waals surface area (Å²) in [5.41, 5.74) is 4.64. The van der Waals surface area contributed by atoms with Crippen LogP contribution in [-0.2, 0) is 10.5 Å². The number of ether oxygens (including phenoxy) is 1. The molecule has 0 fully saturated rings. The summed E-state index contributed by atoms with van der Waals surface area (Å²) in [6.07, 6.45) is 1.59. The fourth-order valence-electron chi connectivity index (χ4n) is 3.49. The Labute approximate surface area is 227 Å². The minimum Gasteiger partial charge on any atom is -0.457 e. The number of amides is 1. The van der Waals surface area contributed by atoms with Gasteiger partial charge in [-0.25, -0.2) is 5.43 Å². The topological polar surface area (TPSA) is 76.5 Å². The average Bonchev–Trinajstić information content (AvgIpc) is 3.39. The van der Waals surface area contributed by atoms with E-state index in [0.29, 0.717) is 5.75 Å². The Balaban J connectivity index is 1.08. The first-order chi connectivity index (χ1) is 18.2. The number of fused-ring (bicyclic) bond motifs is 1. The van der Waals surface area contributed by atoms with Crippen LogP contribution in [0.5, 0.6) is 11.5 Å². The summed E-state index contributed by atoms with van der Waals surface area (Å²) < 4.78 is 7.47. The van der Waals surface area contributed by atoms with Gasteiger partial charge in [0.1, 0.15) is 11.5 Å². The van der Waals surface area contributed by atoms with Gasteiger partial charge in [-0.1, -0.05) is 108 Å². The fraction of sp³-hybridized carbons (Fsp3) is 0.0714. The summed E-state index contributed by atoms with van der Waals surface area (Å²) in [6.45, 7) is 0. The molecule has 5 aromatic rings. The molecular weight excluding hydrogens is 521 g/mol. The molecule has 1 N–H and O–H groups in total. The number of carbonyl (C=O) groups excluding carboxylic acids is 1. The number of hydrogen-bond donors (Lipinski definition) is 1. The number of benzene rings is 4. The second-order valence-electron chi connectivity index (χ2n) is 7.83. The summed E-state index contributed by atoms with van der Waals surface area (Å²) >= 11 is 4.50. The summed E-state index contributed by atoms with van der Waals surface area (Å²) in [5.74, 6) is 2.26. The molecule has 0 aliphatic carbocycles. The molecule has 1 heterocycles. The molecule has 0 atom stereocenters. The number of aromatic nitrogens is 2. The Kier molecular flexibility index (Phi) is 8.47. The van der Waals surface area contributed by atoms with E-state index in [1.807, 2.05) is 54.6 Å². The molecule has 6 nitrogen and oxygen atoms in total. The van der Waals surface area contributed by atoms with Crippen LogP contribution in [0.1, 0.15) is 11.1 Å². The molecule has 37 heavy (non-hydrogen) atoms. The molecule has 184 valence electrons. The van der Waals surface area contributed by atoms with Crippen LogP contribution in [0.3, 0.4) is 0 Å². The van der Waals surface area contributed by atoms with E-state index in [2.05, 4.69) is 63.2 Å². The third-order valence-corrected chi connectivity index (χ3v) is 8.42. The van der Waals surface area contributed by atoms with Gasteiger partial charge in [0.05, 0.1) is 12.0 Å². The molecule has 5 rings (SSSR count). The zero-order valence-corrected chi connectivity index (χ0v) is 22.1. The van der Waals surface area contributed by atoms with Gasteiger partial charge in [0, 0.05) is 5.75 Å². The lowest BCUT2D eigenvalue weighted by molar-refractivity contribution is -0.118. The second kappa shape index (κ2) is 12.5. The van der Waals surface area contributed by atoms with Gasteiger partial charge in [-0.3, -0.25) is 4.79 Å². The van der Waals surface area contributed by atoms with Gasteiger partial charge in [-0.2, -0.15) is 5.10 Å². The largest absolute Gasteiger partial charge is 0.457 e. The Morgan fingerprint density at radius 2 is 1.59 bits per heavy atom. The first kappa shape index (κ1) is 25.0. The first-order valence-corrected chi connectivity index (χ1v) is 14.2. The third kappa shape index (κ3) is 7.19. The van der Waals surface area contributed by atoms with Gasteiger partial charge in [0.15, 0.2) is 8.68 Å². The van der Waals surface area contributed by atoms with Crippen molar-refractivity contribution in [2.45, 2.75) is 14.4 Å². The molecule has 0 bridgehead atoms. The maximum atomic E-state index is 12.2. The summed E-state index contributed by atoms with van der Waals surface area (Å²) in [6, 6.07) is 31.8. The molecule has 0 saturated heterocycles.